The fourth-order valence-corrected chi connectivity index (χ4v) is 0.821. The van der Waals surface area contributed by atoms with E-state index in [-0.39, 0.29) is 6.61 Å². The molecular formula is C6H10IO. The lowest BCUT2D eigenvalue weighted by atomic mass is 10.3. The van der Waals surface area contributed by atoms with Gasteiger partial charge < -0.3 is 0 Å². The molecule has 47 valence electrons. The van der Waals surface area contributed by atoms with Crippen LogP contribution in [0.15, 0.2) is 12.2 Å². The third kappa shape index (κ3) is 6.43. The SMILES string of the molecule is [O]CC=CCCCI. The maximum absolute atomic E-state index is 9.80. The van der Waals surface area contributed by atoms with Crippen LogP contribution in [0, 0.1) is 0 Å². The maximum Gasteiger partial charge on any atom is 0.100 e. The van der Waals surface area contributed by atoms with E-state index in [0.717, 1.165) is 6.42 Å². The Morgan fingerprint density at radius 1 is 1.38 bits per heavy atom. The second-order valence-corrected chi connectivity index (χ2v) is 2.55. The van der Waals surface area contributed by atoms with E-state index in [1.54, 1.807) is 6.08 Å². The van der Waals surface area contributed by atoms with E-state index in [1.165, 1.54) is 10.8 Å². The van der Waals surface area contributed by atoms with E-state index in [0.29, 0.717) is 0 Å². The van der Waals surface area contributed by atoms with E-state index in [9.17, 15) is 5.11 Å². The van der Waals surface area contributed by atoms with Gasteiger partial charge in [-0.05, 0) is 17.3 Å². The average molecular weight is 225 g/mol. The predicted octanol–water partition coefficient (Wildman–Crippen LogP) is 2.19. The summed E-state index contributed by atoms with van der Waals surface area (Å²) in [5.74, 6) is 0. The highest BCUT2D eigenvalue weighted by Crippen LogP contribution is 1.94. The van der Waals surface area contributed by atoms with Crippen LogP contribution in [-0.2, 0) is 5.11 Å². The summed E-state index contributed by atoms with van der Waals surface area (Å²) in [6.45, 7) is -0.0682. The van der Waals surface area contributed by atoms with Gasteiger partial charge in [-0.25, -0.2) is 5.11 Å². The van der Waals surface area contributed by atoms with E-state index in [2.05, 4.69) is 22.6 Å². The highest BCUT2D eigenvalue weighted by molar-refractivity contribution is 14.1. The molecule has 0 aromatic carbocycles. The molecule has 0 aliphatic rings. The third-order valence-corrected chi connectivity index (χ3v) is 1.53. The van der Waals surface area contributed by atoms with Gasteiger partial charge in [0.1, 0.15) is 6.61 Å². The Hall–Kier alpha value is 0.430. The zero-order valence-electron chi connectivity index (χ0n) is 4.77. The summed E-state index contributed by atoms with van der Waals surface area (Å²) in [4.78, 5) is 0. The number of unbranched alkanes of at least 4 members (excludes halogenated alkanes) is 1. The molecule has 0 unspecified atom stereocenters. The molecule has 0 bridgehead atoms. The predicted molar refractivity (Wildman–Crippen MR) is 42.8 cm³/mol. The van der Waals surface area contributed by atoms with Gasteiger partial charge in [-0.15, -0.1) is 0 Å². The van der Waals surface area contributed by atoms with Gasteiger partial charge in [-0.2, -0.15) is 0 Å². The van der Waals surface area contributed by atoms with Gasteiger partial charge in [0, 0.05) is 0 Å². The van der Waals surface area contributed by atoms with Gasteiger partial charge in [0.05, 0.1) is 0 Å². The molecule has 0 spiro atoms. The smallest absolute Gasteiger partial charge is 0.100 e. The second-order valence-electron chi connectivity index (χ2n) is 1.47. The topological polar surface area (TPSA) is 19.9 Å². The van der Waals surface area contributed by atoms with Crippen molar-refractivity contribution >= 4 is 22.6 Å². The molecule has 0 aliphatic carbocycles. The lowest BCUT2D eigenvalue weighted by molar-refractivity contribution is 0.232. The molecule has 0 saturated carbocycles. The Morgan fingerprint density at radius 2 is 2.12 bits per heavy atom. The molecule has 0 saturated heterocycles. The number of allylic oxidation sites excluding steroid dienone is 1. The van der Waals surface area contributed by atoms with Crippen molar-refractivity contribution in [2.75, 3.05) is 11.0 Å². The summed E-state index contributed by atoms with van der Waals surface area (Å²) in [5, 5.41) is 9.80. The standard InChI is InChI=1S/C6H10IO/c7-5-3-1-2-4-6-8/h2,4H,1,3,5-6H2. The molecule has 0 atom stereocenters. The van der Waals surface area contributed by atoms with Crippen LogP contribution < -0.4 is 0 Å². The maximum atomic E-state index is 9.80. The first kappa shape index (κ1) is 8.43. The minimum Gasteiger partial charge on any atom is -0.232 e. The molecule has 0 N–H and O–H groups in total. The van der Waals surface area contributed by atoms with Crippen molar-refractivity contribution in [3.63, 3.8) is 0 Å². The van der Waals surface area contributed by atoms with Gasteiger partial charge in [-0.3, -0.25) is 0 Å². The van der Waals surface area contributed by atoms with Crippen LogP contribution in [0.5, 0.6) is 0 Å². The van der Waals surface area contributed by atoms with Gasteiger partial charge in [0.25, 0.3) is 0 Å². The first-order chi connectivity index (χ1) is 3.91. The van der Waals surface area contributed by atoms with Crippen LogP contribution in [-0.4, -0.2) is 11.0 Å². The van der Waals surface area contributed by atoms with Crippen LogP contribution in [0.3, 0.4) is 0 Å². The summed E-state index contributed by atoms with van der Waals surface area (Å²) in [5.41, 5.74) is 0. The minimum atomic E-state index is -0.0682. The molecule has 0 amide bonds. The van der Waals surface area contributed by atoms with Gasteiger partial charge in [-0.1, -0.05) is 34.7 Å². The summed E-state index contributed by atoms with van der Waals surface area (Å²) in [7, 11) is 0. The Balaban J connectivity index is 2.80. The van der Waals surface area contributed by atoms with Crippen LogP contribution in [0.25, 0.3) is 0 Å². The first-order valence-corrected chi connectivity index (χ1v) is 4.23. The highest BCUT2D eigenvalue weighted by Gasteiger charge is 1.76. The number of rotatable bonds is 4. The van der Waals surface area contributed by atoms with E-state index in [4.69, 9.17) is 0 Å². The zero-order chi connectivity index (χ0) is 6.24. The Kier molecular flexibility index (Phi) is 7.83. The number of hydrogen-bond donors (Lipinski definition) is 0. The van der Waals surface area contributed by atoms with Crippen molar-refractivity contribution < 1.29 is 5.11 Å². The van der Waals surface area contributed by atoms with E-state index >= 15 is 0 Å². The van der Waals surface area contributed by atoms with Gasteiger partial charge >= 0.3 is 0 Å². The van der Waals surface area contributed by atoms with Crippen molar-refractivity contribution in [3.05, 3.63) is 12.2 Å². The first-order valence-electron chi connectivity index (χ1n) is 2.71. The summed E-state index contributed by atoms with van der Waals surface area (Å²) in [6, 6.07) is 0. The van der Waals surface area contributed by atoms with Crippen LogP contribution in [0.2, 0.25) is 0 Å². The molecule has 1 radical (unpaired) electrons. The molecule has 0 fully saturated rings. The van der Waals surface area contributed by atoms with Crippen LogP contribution in [0.4, 0.5) is 0 Å². The third-order valence-electron chi connectivity index (χ3n) is 0.767. The number of hydrogen-bond acceptors (Lipinski definition) is 0. The van der Waals surface area contributed by atoms with Crippen molar-refractivity contribution in [1.82, 2.24) is 0 Å². The van der Waals surface area contributed by atoms with Crippen molar-refractivity contribution in [2.45, 2.75) is 12.8 Å². The molecule has 8 heavy (non-hydrogen) atoms. The van der Waals surface area contributed by atoms with Crippen LogP contribution in [0.1, 0.15) is 12.8 Å². The Bertz CT molecular complexity index is 61.5. The lowest BCUT2D eigenvalue weighted by Gasteiger charge is -1.83. The summed E-state index contributed by atoms with van der Waals surface area (Å²) < 4.78 is 1.18. The molecule has 0 aliphatic heterocycles. The minimum absolute atomic E-state index is 0.0682. The second kappa shape index (κ2) is 7.43. The quantitative estimate of drug-likeness (QED) is 0.302. The number of alkyl halides is 1. The molecular weight excluding hydrogens is 215 g/mol. The fraction of sp³-hybridized carbons (Fsp3) is 0.667. The molecule has 2 heteroatoms. The largest absolute Gasteiger partial charge is 0.232 e. The fourth-order valence-electron chi connectivity index (χ4n) is 0.381. The Labute approximate surface area is 63.9 Å². The van der Waals surface area contributed by atoms with E-state index < -0.39 is 0 Å². The van der Waals surface area contributed by atoms with E-state index in [1.807, 2.05) is 6.08 Å². The van der Waals surface area contributed by atoms with Crippen molar-refractivity contribution in [2.24, 2.45) is 0 Å². The zero-order valence-corrected chi connectivity index (χ0v) is 6.93. The van der Waals surface area contributed by atoms with Crippen molar-refractivity contribution in [1.29, 1.82) is 0 Å². The molecule has 0 rings (SSSR count). The molecule has 0 aromatic heterocycles. The molecule has 0 heterocycles. The van der Waals surface area contributed by atoms with Crippen molar-refractivity contribution in [3.8, 4) is 0 Å². The monoisotopic (exact) mass is 225 g/mol. The van der Waals surface area contributed by atoms with Gasteiger partial charge in [0.2, 0.25) is 0 Å². The Morgan fingerprint density at radius 3 is 2.62 bits per heavy atom. The highest BCUT2D eigenvalue weighted by atomic mass is 127. The van der Waals surface area contributed by atoms with Gasteiger partial charge in [0.15, 0.2) is 0 Å². The normalized spacial score (nSPS) is 10.8. The average Bonchev–Trinajstić information content (AvgIpc) is 1.81. The molecule has 0 aromatic rings. The summed E-state index contributed by atoms with van der Waals surface area (Å²) in [6.07, 6.45) is 5.88. The number of halogens is 1. The summed E-state index contributed by atoms with van der Waals surface area (Å²) >= 11 is 2.33. The lowest BCUT2D eigenvalue weighted by Crippen LogP contribution is -1.72. The molecule has 1 nitrogen and oxygen atoms in total. The van der Waals surface area contributed by atoms with Crippen LogP contribution >= 0.6 is 22.6 Å².